The number of epoxide rings is 1. The van der Waals surface area contributed by atoms with Crippen LogP contribution in [0.5, 0.6) is 0 Å². The molecule has 2 aliphatic heterocycles. The summed E-state index contributed by atoms with van der Waals surface area (Å²) in [5.74, 6) is -2.96. The van der Waals surface area contributed by atoms with Crippen molar-refractivity contribution in [3.8, 4) is 0 Å². The van der Waals surface area contributed by atoms with Crippen molar-refractivity contribution in [1.82, 2.24) is 4.98 Å². The largest absolute Gasteiger partial charge is 0.392 e. The molecule has 10 heteroatoms. The van der Waals surface area contributed by atoms with Gasteiger partial charge in [-0.25, -0.2) is 9.37 Å². The third-order valence-corrected chi connectivity index (χ3v) is 8.75. The number of hydrogen-bond acceptors (Lipinski definition) is 9. The van der Waals surface area contributed by atoms with Crippen LogP contribution in [0.1, 0.15) is 71.0 Å². The van der Waals surface area contributed by atoms with E-state index in [4.69, 9.17) is 15.2 Å². The number of ketones is 2. The molecular formula is C27H41FN2O6S. The lowest BCUT2D eigenvalue weighted by molar-refractivity contribution is -0.144. The van der Waals surface area contributed by atoms with E-state index < -0.39 is 40.9 Å². The van der Waals surface area contributed by atoms with E-state index in [0.29, 0.717) is 17.1 Å². The molecule has 0 aliphatic carbocycles. The van der Waals surface area contributed by atoms with Crippen LogP contribution in [-0.4, -0.2) is 63.9 Å². The van der Waals surface area contributed by atoms with Crippen LogP contribution in [0.15, 0.2) is 11.2 Å². The van der Waals surface area contributed by atoms with Crippen molar-refractivity contribution in [2.24, 2.45) is 28.9 Å². The van der Waals surface area contributed by atoms with Gasteiger partial charge in [-0.05, 0) is 25.8 Å². The summed E-state index contributed by atoms with van der Waals surface area (Å²) in [6, 6.07) is 0. The number of fused-ring (bicyclic) bond motifs is 1. The van der Waals surface area contributed by atoms with E-state index in [1.807, 2.05) is 20.8 Å². The van der Waals surface area contributed by atoms with Gasteiger partial charge < -0.3 is 25.4 Å². The Morgan fingerprint density at radius 2 is 2.00 bits per heavy atom. The number of aliphatic hydroxyl groups excluding tert-OH is 2. The van der Waals surface area contributed by atoms with Crippen molar-refractivity contribution < 1.29 is 33.7 Å². The number of aromatic nitrogens is 1. The number of thiazole rings is 1. The van der Waals surface area contributed by atoms with Gasteiger partial charge >= 0.3 is 0 Å². The van der Waals surface area contributed by atoms with Crippen LogP contribution in [0.3, 0.4) is 0 Å². The average molecular weight is 541 g/mol. The maximum absolute atomic E-state index is 15.5. The van der Waals surface area contributed by atoms with Crippen molar-refractivity contribution in [2.45, 2.75) is 90.8 Å². The topological polar surface area (TPSA) is 135 Å². The van der Waals surface area contributed by atoms with Crippen LogP contribution in [0, 0.1) is 23.2 Å². The van der Waals surface area contributed by atoms with Crippen LogP contribution in [-0.2, 0) is 25.6 Å². The number of nitrogens with two attached hydrogens (primary N) is 1. The minimum absolute atomic E-state index is 0.148. The Bertz CT molecular complexity index is 997. The standard InChI is InChI=1S/C27H41FN2O6S/c1-6-19-24(33)15(2)12-35-14-27(5)22(36-27)8-16(20(28)9-17-13-37-23(11-29)30-17)7-18(31)10-21(32)26(3,4)25(19)34/h9,13,15-16,19,21-22,24,32-33H,6-8,10-12,14,29H2,1-5H3/t15-,16+,19+,21-,22-,24-,27+/m0/s1. The van der Waals surface area contributed by atoms with Crippen LogP contribution in [0.25, 0.3) is 6.08 Å². The van der Waals surface area contributed by atoms with Gasteiger partial charge in [-0.3, -0.25) is 9.59 Å². The fraction of sp³-hybridized carbons (Fsp3) is 0.741. The van der Waals surface area contributed by atoms with Gasteiger partial charge in [0.05, 0.1) is 42.6 Å². The molecule has 0 spiro atoms. The Morgan fingerprint density at radius 3 is 2.62 bits per heavy atom. The molecule has 208 valence electrons. The van der Waals surface area contributed by atoms with Gasteiger partial charge in [0, 0.05) is 42.5 Å². The molecule has 8 nitrogen and oxygen atoms in total. The molecule has 2 fully saturated rings. The number of carbonyl (C=O) groups is 2. The Labute approximate surface area is 222 Å². The SMILES string of the molecule is CC[C@H]1C(=O)C(C)(C)[C@@H](O)CC(=O)C[C@@H](C(F)=Cc2csc(CN)n2)C[C@@H]2O[C@]2(C)COC[C@H](C)[C@@H]1O. The number of Topliss-reactive ketones (excluding diaryl/α,β-unsaturated/α-hetero) is 2. The van der Waals surface area contributed by atoms with Gasteiger partial charge in [-0.1, -0.05) is 27.7 Å². The smallest absolute Gasteiger partial charge is 0.146 e. The van der Waals surface area contributed by atoms with Crippen LogP contribution >= 0.6 is 11.3 Å². The fourth-order valence-corrected chi connectivity index (χ4v) is 5.64. The molecule has 0 saturated carbocycles. The van der Waals surface area contributed by atoms with E-state index in [2.05, 4.69) is 4.98 Å². The summed E-state index contributed by atoms with van der Waals surface area (Å²) in [5.41, 5.74) is 4.16. The van der Waals surface area contributed by atoms with Crippen LogP contribution in [0.2, 0.25) is 0 Å². The molecule has 0 unspecified atom stereocenters. The predicted molar refractivity (Wildman–Crippen MR) is 139 cm³/mol. The van der Waals surface area contributed by atoms with Gasteiger partial charge in [0.25, 0.3) is 0 Å². The number of rotatable bonds is 4. The molecule has 2 aliphatic rings. The first-order valence-corrected chi connectivity index (χ1v) is 13.9. The maximum atomic E-state index is 15.5. The molecule has 3 heterocycles. The van der Waals surface area contributed by atoms with Crippen molar-refractivity contribution >= 4 is 29.0 Å². The Morgan fingerprint density at radius 1 is 1.30 bits per heavy atom. The molecule has 0 bridgehead atoms. The molecule has 1 aromatic rings. The summed E-state index contributed by atoms with van der Waals surface area (Å²) in [6.07, 6.45) is -0.997. The summed E-state index contributed by atoms with van der Waals surface area (Å²) in [7, 11) is 0. The number of halogens is 1. The highest BCUT2D eigenvalue weighted by Crippen LogP contribution is 2.43. The van der Waals surface area contributed by atoms with Gasteiger partial charge in [0.2, 0.25) is 0 Å². The number of carbonyl (C=O) groups excluding carboxylic acids is 2. The van der Waals surface area contributed by atoms with Crippen molar-refractivity contribution in [1.29, 1.82) is 0 Å². The van der Waals surface area contributed by atoms with Crippen LogP contribution in [0.4, 0.5) is 4.39 Å². The summed E-state index contributed by atoms with van der Waals surface area (Å²) >= 11 is 1.34. The lowest BCUT2D eigenvalue weighted by Crippen LogP contribution is -2.47. The zero-order valence-corrected chi connectivity index (χ0v) is 23.2. The predicted octanol–water partition coefficient (Wildman–Crippen LogP) is 3.43. The molecule has 4 N–H and O–H groups in total. The minimum Gasteiger partial charge on any atom is -0.392 e. The first kappa shape index (κ1) is 30.0. The molecule has 0 amide bonds. The van der Waals surface area contributed by atoms with E-state index in [1.54, 1.807) is 19.2 Å². The number of hydrogen-bond donors (Lipinski definition) is 3. The van der Waals surface area contributed by atoms with Crippen LogP contribution < -0.4 is 5.73 Å². The Balaban J connectivity index is 1.87. The average Bonchev–Trinajstić information content (AvgIpc) is 3.24. The minimum atomic E-state index is -1.27. The number of allylic oxidation sites excluding steroid dienone is 1. The first-order chi connectivity index (χ1) is 17.3. The third-order valence-electron chi connectivity index (χ3n) is 7.86. The molecule has 37 heavy (non-hydrogen) atoms. The highest BCUT2D eigenvalue weighted by molar-refractivity contribution is 7.09. The maximum Gasteiger partial charge on any atom is 0.146 e. The third kappa shape index (κ3) is 7.10. The Hall–Kier alpha value is -1.56. The highest BCUT2D eigenvalue weighted by Gasteiger charge is 2.53. The van der Waals surface area contributed by atoms with E-state index in [9.17, 15) is 19.8 Å². The highest BCUT2D eigenvalue weighted by atomic mass is 32.1. The molecule has 0 radical (unpaired) electrons. The normalized spacial score (nSPS) is 36.3. The summed E-state index contributed by atoms with van der Waals surface area (Å²) in [6.45, 7) is 9.42. The Kier molecular flexibility index (Phi) is 9.80. The van der Waals surface area contributed by atoms with Crippen molar-refractivity contribution in [2.75, 3.05) is 13.2 Å². The molecule has 1 aromatic heterocycles. The van der Waals surface area contributed by atoms with Gasteiger partial charge in [-0.15, -0.1) is 11.3 Å². The van der Waals surface area contributed by atoms with E-state index in [0.717, 1.165) is 0 Å². The lowest BCUT2D eigenvalue weighted by atomic mass is 9.71. The van der Waals surface area contributed by atoms with Crippen molar-refractivity contribution in [3.63, 3.8) is 0 Å². The fourth-order valence-electron chi connectivity index (χ4n) is 5.01. The zero-order chi connectivity index (χ0) is 27.5. The summed E-state index contributed by atoms with van der Waals surface area (Å²) in [4.78, 5) is 30.7. The molecule has 3 rings (SSSR count). The number of aliphatic hydroxyl groups is 2. The molecular weight excluding hydrogens is 499 g/mol. The second-order valence-electron chi connectivity index (χ2n) is 11.3. The second kappa shape index (κ2) is 12.1. The second-order valence-corrected chi connectivity index (χ2v) is 12.2. The van der Waals surface area contributed by atoms with Gasteiger partial charge in [0.1, 0.15) is 28.0 Å². The zero-order valence-electron chi connectivity index (χ0n) is 22.4. The van der Waals surface area contributed by atoms with E-state index >= 15 is 4.39 Å². The van der Waals surface area contributed by atoms with Crippen molar-refractivity contribution in [3.05, 3.63) is 21.9 Å². The summed E-state index contributed by atoms with van der Waals surface area (Å²) < 4.78 is 27.2. The number of nitrogens with zero attached hydrogens (tertiary/aromatic N) is 1. The van der Waals surface area contributed by atoms with Gasteiger partial charge in [0.15, 0.2) is 0 Å². The van der Waals surface area contributed by atoms with E-state index in [-0.39, 0.29) is 62.6 Å². The monoisotopic (exact) mass is 540 g/mol. The lowest BCUT2D eigenvalue weighted by Gasteiger charge is -2.35. The van der Waals surface area contributed by atoms with Gasteiger partial charge in [-0.2, -0.15) is 0 Å². The number of ether oxygens (including phenoxy) is 2. The molecule has 7 atom stereocenters. The van der Waals surface area contributed by atoms with E-state index in [1.165, 1.54) is 17.4 Å². The summed E-state index contributed by atoms with van der Waals surface area (Å²) in [5, 5.41) is 24.3. The quantitative estimate of drug-likeness (QED) is 0.495. The molecule has 0 aromatic carbocycles. The first-order valence-electron chi connectivity index (χ1n) is 13.0. The molecule has 2 saturated heterocycles.